The average molecular weight is 903 g/mol. The number of benzene rings is 4. The predicted molar refractivity (Wildman–Crippen MR) is 209 cm³/mol. The van der Waals surface area contributed by atoms with Crippen molar-refractivity contribution in [3.8, 4) is 57.5 Å². The summed E-state index contributed by atoms with van der Waals surface area (Å²) in [6.07, 6.45) is -24.5. The molecule has 4 aliphatic rings. The molecule has 4 heterocycles. The van der Waals surface area contributed by atoms with Crippen LogP contribution in [0.1, 0.15) is 45.9 Å². The SMILES string of the molecule is OCC1OC(OC2Cc3c(O)cc(O)c(C4c5c(O)cc(O)cc5OC(c5ccc(O)c(O)c5)C4OC4OC(CO)C(O)C(O)C4O)c3OC2c2ccc(O)c(O)c2)C(O)C(O)C1O. The molecule has 8 rings (SSSR count). The molecule has 16 N–H and O–H groups in total. The number of hydrogen-bond acceptors (Lipinski definition) is 22. The standard InChI is InChI=1S/C42H46O22/c43-11-26-31(53)33(55)35(57)41(61-26)60-25-9-16-19(48)10-23(52)29(39(16)63-37(25)13-1-3-17(46)20(49)5-13)30-28-22(51)7-15(45)8-24(28)59-38(14-2-4-18(47)21(50)6-14)40(30)64-42-36(58)34(56)32(54)27(12-44)62-42/h1-8,10,25-27,30-38,40-58H,9,11-12H2. The van der Waals surface area contributed by atoms with Crippen molar-refractivity contribution in [3.05, 3.63) is 82.4 Å². The molecule has 4 aliphatic heterocycles. The fourth-order valence-corrected chi connectivity index (χ4v) is 8.62. The van der Waals surface area contributed by atoms with Gasteiger partial charge >= 0.3 is 0 Å². The van der Waals surface area contributed by atoms with Gasteiger partial charge in [-0.2, -0.15) is 0 Å². The second-order valence-electron chi connectivity index (χ2n) is 15.9. The Morgan fingerprint density at radius 2 is 1.03 bits per heavy atom. The summed E-state index contributed by atoms with van der Waals surface area (Å²) in [6, 6.07) is 9.89. The van der Waals surface area contributed by atoms with Crippen LogP contribution in [0, 0.1) is 0 Å². The predicted octanol–water partition coefficient (Wildman–Crippen LogP) is -1.36. The van der Waals surface area contributed by atoms with Crippen molar-refractivity contribution < 1.29 is 110 Å². The number of phenolic OH excluding ortho intramolecular Hbond substituents is 8. The van der Waals surface area contributed by atoms with Crippen LogP contribution in [0.4, 0.5) is 0 Å². The zero-order valence-corrected chi connectivity index (χ0v) is 33.1. The molecule has 22 heteroatoms. The van der Waals surface area contributed by atoms with Gasteiger partial charge in [-0.25, -0.2) is 0 Å². The van der Waals surface area contributed by atoms with E-state index in [-0.39, 0.29) is 39.3 Å². The van der Waals surface area contributed by atoms with E-state index in [2.05, 4.69) is 0 Å². The van der Waals surface area contributed by atoms with E-state index in [4.69, 9.17) is 28.4 Å². The van der Waals surface area contributed by atoms with Crippen LogP contribution in [0.3, 0.4) is 0 Å². The third-order valence-electron chi connectivity index (χ3n) is 11.9. The van der Waals surface area contributed by atoms with Crippen LogP contribution in [0.25, 0.3) is 0 Å². The monoisotopic (exact) mass is 902 g/mol. The summed E-state index contributed by atoms with van der Waals surface area (Å²) >= 11 is 0. The van der Waals surface area contributed by atoms with Gasteiger partial charge in [0, 0.05) is 41.3 Å². The van der Waals surface area contributed by atoms with E-state index < -0.39 is 157 Å². The number of hydrogen-bond donors (Lipinski definition) is 16. The first-order valence-corrected chi connectivity index (χ1v) is 19.8. The molecule has 346 valence electrons. The van der Waals surface area contributed by atoms with Gasteiger partial charge in [-0.05, 0) is 35.4 Å². The zero-order valence-electron chi connectivity index (χ0n) is 33.1. The van der Waals surface area contributed by atoms with Crippen molar-refractivity contribution >= 4 is 0 Å². The molecule has 0 aromatic heterocycles. The van der Waals surface area contributed by atoms with E-state index >= 15 is 0 Å². The number of aliphatic hydroxyl groups is 8. The van der Waals surface area contributed by atoms with E-state index in [0.29, 0.717) is 0 Å². The number of ether oxygens (including phenoxy) is 6. The van der Waals surface area contributed by atoms with Crippen molar-refractivity contribution in [1.29, 1.82) is 0 Å². The molecule has 64 heavy (non-hydrogen) atoms. The van der Waals surface area contributed by atoms with Crippen LogP contribution in [0.2, 0.25) is 0 Å². The van der Waals surface area contributed by atoms with Gasteiger partial charge in [-0.15, -0.1) is 0 Å². The van der Waals surface area contributed by atoms with Crippen LogP contribution in [-0.4, -0.2) is 169 Å². The first-order chi connectivity index (χ1) is 30.4. The summed E-state index contributed by atoms with van der Waals surface area (Å²) < 4.78 is 36.8. The Bertz CT molecular complexity index is 2360. The number of rotatable bonds is 9. The van der Waals surface area contributed by atoms with E-state index in [1.807, 2.05) is 0 Å². The van der Waals surface area contributed by atoms with Crippen molar-refractivity contribution in [2.75, 3.05) is 13.2 Å². The van der Waals surface area contributed by atoms with Crippen LogP contribution in [0.15, 0.2) is 54.6 Å². The Hall–Kier alpha value is -5.60. The van der Waals surface area contributed by atoms with Gasteiger partial charge < -0.3 is 110 Å². The highest BCUT2D eigenvalue weighted by atomic mass is 16.7. The fraction of sp³-hybridized carbons (Fsp3) is 0.429. The second kappa shape index (κ2) is 17.4. The molecule has 0 radical (unpaired) electrons. The lowest BCUT2D eigenvalue weighted by atomic mass is 9.77. The van der Waals surface area contributed by atoms with Crippen molar-refractivity contribution in [1.82, 2.24) is 0 Å². The van der Waals surface area contributed by atoms with E-state index in [9.17, 15) is 81.7 Å². The maximum Gasteiger partial charge on any atom is 0.187 e. The molecular formula is C42H46O22. The summed E-state index contributed by atoms with van der Waals surface area (Å²) in [6.45, 7) is -1.67. The van der Waals surface area contributed by atoms with Crippen LogP contribution < -0.4 is 9.47 Å². The quantitative estimate of drug-likeness (QED) is 0.0863. The number of aliphatic hydroxyl groups excluding tert-OH is 8. The van der Waals surface area contributed by atoms with Gasteiger partial charge in [-0.1, -0.05) is 12.1 Å². The fourth-order valence-electron chi connectivity index (χ4n) is 8.62. The molecule has 4 aromatic carbocycles. The molecule has 4 aromatic rings. The highest BCUT2D eigenvalue weighted by molar-refractivity contribution is 5.66. The lowest BCUT2D eigenvalue weighted by Gasteiger charge is -2.46. The number of phenols is 8. The Morgan fingerprint density at radius 1 is 0.500 bits per heavy atom. The smallest absolute Gasteiger partial charge is 0.187 e. The highest BCUT2D eigenvalue weighted by Crippen LogP contribution is 2.59. The summed E-state index contributed by atoms with van der Waals surface area (Å²) in [4.78, 5) is 0. The first kappa shape index (κ1) is 45.0. The molecule has 0 spiro atoms. The minimum atomic E-state index is -2.03. The largest absolute Gasteiger partial charge is 0.508 e. The summed E-state index contributed by atoms with van der Waals surface area (Å²) in [7, 11) is 0. The molecule has 22 nitrogen and oxygen atoms in total. The molecule has 0 amide bonds. The molecule has 15 atom stereocenters. The minimum Gasteiger partial charge on any atom is -0.508 e. The van der Waals surface area contributed by atoms with E-state index in [1.54, 1.807) is 0 Å². The van der Waals surface area contributed by atoms with Crippen molar-refractivity contribution in [2.45, 2.75) is 98.2 Å². The first-order valence-electron chi connectivity index (χ1n) is 19.8. The van der Waals surface area contributed by atoms with Crippen LogP contribution in [-0.2, 0) is 25.4 Å². The lowest BCUT2D eigenvalue weighted by molar-refractivity contribution is -0.319. The van der Waals surface area contributed by atoms with E-state index in [0.717, 1.165) is 42.5 Å². The topological polar surface area (TPSA) is 379 Å². The summed E-state index contributed by atoms with van der Waals surface area (Å²) in [5.41, 5.74) is -0.562. The molecule has 2 fully saturated rings. The summed E-state index contributed by atoms with van der Waals surface area (Å²) in [5, 5.41) is 172. The minimum absolute atomic E-state index is 0.0295. The van der Waals surface area contributed by atoms with Crippen molar-refractivity contribution in [3.63, 3.8) is 0 Å². The van der Waals surface area contributed by atoms with Gasteiger partial charge in [0.2, 0.25) is 0 Å². The van der Waals surface area contributed by atoms with Crippen LogP contribution >= 0.6 is 0 Å². The highest BCUT2D eigenvalue weighted by Gasteiger charge is 2.53. The van der Waals surface area contributed by atoms with Gasteiger partial charge in [0.15, 0.2) is 47.8 Å². The zero-order chi connectivity index (χ0) is 46.0. The Balaban J connectivity index is 1.33. The van der Waals surface area contributed by atoms with Crippen LogP contribution in [0.5, 0.6) is 57.5 Å². The average Bonchev–Trinajstić information content (AvgIpc) is 3.26. The second-order valence-corrected chi connectivity index (χ2v) is 15.9. The van der Waals surface area contributed by atoms with Gasteiger partial charge in [0.25, 0.3) is 0 Å². The normalized spacial score (nSPS) is 33.7. The summed E-state index contributed by atoms with van der Waals surface area (Å²) in [5.74, 6) is -7.14. The van der Waals surface area contributed by atoms with Gasteiger partial charge in [-0.3, -0.25) is 0 Å². The molecule has 0 saturated carbocycles. The molecule has 0 aliphatic carbocycles. The molecule has 15 unspecified atom stereocenters. The van der Waals surface area contributed by atoms with Gasteiger partial charge in [0.1, 0.15) is 95.5 Å². The van der Waals surface area contributed by atoms with E-state index in [1.165, 1.54) is 12.1 Å². The Kier molecular flexibility index (Phi) is 12.2. The third kappa shape index (κ3) is 7.86. The molecule has 0 bridgehead atoms. The maximum absolute atomic E-state index is 12.0. The molecule has 2 saturated heterocycles. The Morgan fingerprint density at radius 3 is 1.58 bits per heavy atom. The van der Waals surface area contributed by atoms with Gasteiger partial charge in [0.05, 0.1) is 19.1 Å². The Labute approximate surface area is 361 Å². The maximum atomic E-state index is 12.0. The lowest BCUT2D eigenvalue weighted by Crippen LogP contribution is -2.60. The number of fused-ring (bicyclic) bond motifs is 2. The molecular weight excluding hydrogens is 856 g/mol. The van der Waals surface area contributed by atoms with Crippen molar-refractivity contribution in [2.24, 2.45) is 0 Å². The third-order valence-corrected chi connectivity index (χ3v) is 11.9. The number of aromatic hydroxyl groups is 8.